The van der Waals surface area contributed by atoms with E-state index in [1.165, 1.54) is 0 Å². The van der Waals surface area contributed by atoms with Crippen molar-refractivity contribution < 1.29 is 18.7 Å². The molecule has 2 aliphatic rings. The van der Waals surface area contributed by atoms with Crippen molar-refractivity contribution in [3.63, 3.8) is 0 Å². The Morgan fingerprint density at radius 3 is 2.58 bits per heavy atom. The Labute approximate surface area is 147 Å². The summed E-state index contributed by atoms with van der Waals surface area (Å²) in [6.07, 6.45) is 7.27. The van der Waals surface area contributed by atoms with Crippen molar-refractivity contribution in [3.05, 3.63) is 24.3 Å². The molecule has 0 aromatic heterocycles. The molecule has 2 aliphatic carbocycles. The van der Waals surface area contributed by atoms with Crippen LogP contribution in [0.4, 0.5) is 0 Å². The first-order valence-electron chi connectivity index (χ1n) is 8.79. The van der Waals surface area contributed by atoms with Gasteiger partial charge in [0.25, 0.3) is 0 Å². The standard InChI is InChI=1S/C19H32O4Si/c1-15-17(23-24(4,5)6)9-10-18(15,2)19(13-22-14-21-3)11-7-16(20)8-12-19/h7,11,17H,1,8-10,12-14H2,2-6H3/t17-,18+,19-/m1/s1. The molecule has 1 saturated carbocycles. The van der Waals surface area contributed by atoms with Crippen LogP contribution in [0.5, 0.6) is 0 Å². The van der Waals surface area contributed by atoms with E-state index < -0.39 is 8.32 Å². The number of carbonyl (C=O) groups excluding carboxylic acids is 1. The first kappa shape index (κ1) is 19.6. The summed E-state index contributed by atoms with van der Waals surface area (Å²) in [5, 5.41) is 0. The van der Waals surface area contributed by atoms with Gasteiger partial charge in [-0.1, -0.05) is 19.6 Å². The summed E-state index contributed by atoms with van der Waals surface area (Å²) in [4.78, 5) is 11.7. The fraction of sp³-hybridized carbons (Fsp3) is 0.737. The van der Waals surface area contributed by atoms with Gasteiger partial charge in [-0.2, -0.15) is 0 Å². The zero-order valence-corrected chi connectivity index (χ0v) is 16.8. The van der Waals surface area contributed by atoms with Crippen LogP contribution < -0.4 is 0 Å². The van der Waals surface area contributed by atoms with Gasteiger partial charge in [0.1, 0.15) is 6.79 Å². The van der Waals surface area contributed by atoms with Crippen molar-refractivity contribution in [2.24, 2.45) is 10.8 Å². The smallest absolute Gasteiger partial charge is 0.184 e. The minimum atomic E-state index is -1.63. The zero-order valence-electron chi connectivity index (χ0n) is 15.8. The molecule has 2 rings (SSSR count). The van der Waals surface area contributed by atoms with Crippen molar-refractivity contribution in [2.45, 2.75) is 58.4 Å². The van der Waals surface area contributed by atoms with Gasteiger partial charge >= 0.3 is 0 Å². The molecule has 24 heavy (non-hydrogen) atoms. The third kappa shape index (κ3) is 3.90. The van der Waals surface area contributed by atoms with Crippen molar-refractivity contribution in [1.82, 2.24) is 0 Å². The van der Waals surface area contributed by atoms with Crippen molar-refractivity contribution in [3.8, 4) is 0 Å². The van der Waals surface area contributed by atoms with Crippen LogP contribution in [-0.4, -0.2) is 40.7 Å². The quantitative estimate of drug-likeness (QED) is 0.300. The number of hydrogen-bond acceptors (Lipinski definition) is 4. The van der Waals surface area contributed by atoms with Crippen molar-refractivity contribution >= 4 is 14.1 Å². The Morgan fingerprint density at radius 2 is 2.04 bits per heavy atom. The monoisotopic (exact) mass is 352 g/mol. The Balaban J connectivity index is 2.27. The van der Waals surface area contributed by atoms with E-state index in [4.69, 9.17) is 13.9 Å². The summed E-state index contributed by atoms with van der Waals surface area (Å²) < 4.78 is 17.2. The highest BCUT2D eigenvalue weighted by Crippen LogP contribution is 2.58. The van der Waals surface area contributed by atoms with Crippen molar-refractivity contribution in [1.29, 1.82) is 0 Å². The average Bonchev–Trinajstić information content (AvgIpc) is 2.78. The van der Waals surface area contributed by atoms with Crippen LogP contribution in [-0.2, 0) is 18.7 Å². The highest BCUT2D eigenvalue weighted by Gasteiger charge is 2.54. The lowest BCUT2D eigenvalue weighted by molar-refractivity contribution is -0.118. The van der Waals surface area contributed by atoms with Gasteiger partial charge in [0, 0.05) is 24.4 Å². The number of rotatable bonds is 7. The summed E-state index contributed by atoms with van der Waals surface area (Å²) >= 11 is 0. The molecule has 0 amide bonds. The molecule has 0 heterocycles. The topological polar surface area (TPSA) is 44.8 Å². The molecule has 0 radical (unpaired) electrons. The predicted molar refractivity (Wildman–Crippen MR) is 98.3 cm³/mol. The molecule has 0 aliphatic heterocycles. The molecule has 0 bridgehead atoms. The fourth-order valence-electron chi connectivity index (χ4n) is 4.05. The largest absolute Gasteiger partial charge is 0.411 e. The molecular formula is C19H32O4Si. The summed E-state index contributed by atoms with van der Waals surface area (Å²) in [6, 6.07) is 0. The fourth-order valence-corrected chi connectivity index (χ4v) is 5.16. The number of hydrogen-bond donors (Lipinski definition) is 0. The van der Waals surface area contributed by atoms with Gasteiger partial charge < -0.3 is 13.9 Å². The molecule has 136 valence electrons. The predicted octanol–water partition coefficient (Wildman–Crippen LogP) is 4.09. The maximum atomic E-state index is 11.7. The van der Waals surface area contributed by atoms with Crippen LogP contribution >= 0.6 is 0 Å². The normalized spacial score (nSPS) is 34.1. The average molecular weight is 353 g/mol. The van der Waals surface area contributed by atoms with Gasteiger partial charge in [-0.25, -0.2) is 0 Å². The molecule has 0 unspecified atom stereocenters. The number of ketones is 1. The first-order valence-corrected chi connectivity index (χ1v) is 12.2. The lowest BCUT2D eigenvalue weighted by atomic mass is 9.58. The molecule has 3 atom stereocenters. The Hall–Kier alpha value is -0.753. The minimum Gasteiger partial charge on any atom is -0.411 e. The second-order valence-electron chi connectivity index (χ2n) is 8.33. The summed E-state index contributed by atoms with van der Waals surface area (Å²) in [5.41, 5.74) is 0.820. The number of allylic oxidation sites excluding steroid dienone is 1. The Bertz CT molecular complexity index is 522. The molecule has 0 aromatic rings. The van der Waals surface area contributed by atoms with Crippen LogP contribution in [0.15, 0.2) is 24.3 Å². The lowest BCUT2D eigenvalue weighted by Crippen LogP contribution is -2.45. The third-order valence-electron chi connectivity index (χ3n) is 5.57. The first-order chi connectivity index (χ1) is 11.1. The van der Waals surface area contributed by atoms with E-state index in [1.807, 2.05) is 0 Å². The Morgan fingerprint density at radius 1 is 1.33 bits per heavy atom. The minimum absolute atomic E-state index is 0.118. The van der Waals surface area contributed by atoms with E-state index in [-0.39, 0.29) is 29.5 Å². The van der Waals surface area contributed by atoms with E-state index in [0.717, 1.165) is 24.8 Å². The van der Waals surface area contributed by atoms with Crippen LogP contribution in [0.25, 0.3) is 0 Å². The molecular weight excluding hydrogens is 320 g/mol. The second-order valence-corrected chi connectivity index (χ2v) is 12.8. The maximum Gasteiger partial charge on any atom is 0.184 e. The summed E-state index contributed by atoms with van der Waals surface area (Å²) in [7, 11) is -0.000825. The van der Waals surface area contributed by atoms with E-state index in [0.29, 0.717) is 13.0 Å². The van der Waals surface area contributed by atoms with Gasteiger partial charge in [-0.05, 0) is 50.6 Å². The van der Waals surface area contributed by atoms with E-state index in [1.54, 1.807) is 13.2 Å². The number of methoxy groups -OCH3 is 1. The van der Waals surface area contributed by atoms with E-state index in [2.05, 4.69) is 39.2 Å². The van der Waals surface area contributed by atoms with Crippen LogP contribution in [0, 0.1) is 10.8 Å². The molecule has 0 saturated heterocycles. The van der Waals surface area contributed by atoms with Crippen LogP contribution in [0.1, 0.15) is 32.6 Å². The van der Waals surface area contributed by atoms with Crippen LogP contribution in [0.2, 0.25) is 19.6 Å². The molecule has 5 heteroatoms. The van der Waals surface area contributed by atoms with Gasteiger partial charge in [-0.15, -0.1) is 0 Å². The van der Waals surface area contributed by atoms with Gasteiger partial charge in [0.2, 0.25) is 0 Å². The van der Waals surface area contributed by atoms with Gasteiger partial charge in [0.15, 0.2) is 14.1 Å². The molecule has 0 N–H and O–H groups in total. The summed E-state index contributed by atoms with van der Waals surface area (Å²) in [6.45, 7) is 14.1. The Kier molecular flexibility index (Phi) is 5.90. The SMILES string of the molecule is C=C1[C@H](O[Si](C)(C)C)CC[C@]1(C)[C@]1(COCOC)C=CC(=O)CC1. The highest BCUT2D eigenvalue weighted by atomic mass is 28.4. The zero-order chi connectivity index (χ0) is 18.0. The molecule has 4 nitrogen and oxygen atoms in total. The highest BCUT2D eigenvalue weighted by molar-refractivity contribution is 6.69. The molecule has 0 spiro atoms. The number of carbonyl (C=O) groups is 1. The van der Waals surface area contributed by atoms with E-state index >= 15 is 0 Å². The molecule has 0 aromatic carbocycles. The van der Waals surface area contributed by atoms with Gasteiger partial charge in [0.05, 0.1) is 12.7 Å². The third-order valence-corrected chi connectivity index (χ3v) is 6.56. The van der Waals surface area contributed by atoms with Crippen LogP contribution in [0.3, 0.4) is 0 Å². The van der Waals surface area contributed by atoms with Gasteiger partial charge in [-0.3, -0.25) is 4.79 Å². The lowest BCUT2D eigenvalue weighted by Gasteiger charge is -2.47. The summed E-state index contributed by atoms with van der Waals surface area (Å²) in [5.74, 6) is 0.194. The van der Waals surface area contributed by atoms with E-state index in [9.17, 15) is 4.79 Å². The molecule has 1 fully saturated rings. The second kappa shape index (κ2) is 7.24. The maximum absolute atomic E-state index is 11.7. The van der Waals surface area contributed by atoms with Crippen molar-refractivity contribution in [2.75, 3.05) is 20.5 Å². The number of ether oxygens (including phenoxy) is 2.